The third kappa shape index (κ3) is 4.14. The van der Waals surface area contributed by atoms with E-state index in [1.807, 2.05) is 0 Å². The molecular weight excluding hydrogens is 462 g/mol. The molecule has 3 heterocycles. The molecule has 6 rings (SSSR count). The first-order chi connectivity index (χ1) is 18.1. The van der Waals surface area contributed by atoms with Gasteiger partial charge in [0.25, 0.3) is 0 Å². The Bertz CT molecular complexity index is 1440. The number of rotatable bonds is 6. The van der Waals surface area contributed by atoms with Gasteiger partial charge in [-0.2, -0.15) is 0 Å². The van der Waals surface area contributed by atoms with Crippen LogP contribution in [0.15, 0.2) is 54.6 Å². The van der Waals surface area contributed by atoms with Crippen LogP contribution in [0.5, 0.6) is 17.2 Å². The van der Waals surface area contributed by atoms with E-state index in [2.05, 4.69) is 76.7 Å². The Hall–Kier alpha value is -3.48. The number of nitrogens with zero attached hydrogens (tertiary/aromatic N) is 1. The van der Waals surface area contributed by atoms with Crippen molar-refractivity contribution in [3.8, 4) is 17.2 Å². The first kappa shape index (κ1) is 23.9. The summed E-state index contributed by atoms with van der Waals surface area (Å²) >= 11 is 0. The topological polar surface area (TPSA) is 58.8 Å². The maximum absolute atomic E-state index is 5.83. The highest BCUT2D eigenvalue weighted by atomic mass is 16.5. The minimum absolute atomic E-state index is 0.136. The Labute approximate surface area is 218 Å². The molecule has 0 radical (unpaired) electrons. The number of benzene rings is 3. The van der Waals surface area contributed by atoms with Gasteiger partial charge in [0.15, 0.2) is 11.5 Å². The number of H-pyrrole nitrogens is 1. The summed E-state index contributed by atoms with van der Waals surface area (Å²) in [6.07, 6.45) is 2.02. The second-order valence-electron chi connectivity index (χ2n) is 10.1. The van der Waals surface area contributed by atoms with Crippen molar-refractivity contribution in [1.82, 2.24) is 15.2 Å². The summed E-state index contributed by atoms with van der Waals surface area (Å²) in [6, 6.07) is 19.9. The number of para-hydroxylation sites is 1. The molecule has 4 aromatic rings. The van der Waals surface area contributed by atoms with Crippen molar-refractivity contribution in [1.29, 1.82) is 0 Å². The third-order valence-electron chi connectivity index (χ3n) is 8.18. The Balaban J connectivity index is 1.32. The average molecular weight is 498 g/mol. The molecular formula is C31H35N3O3. The highest BCUT2D eigenvalue weighted by Crippen LogP contribution is 2.40. The molecule has 6 heteroatoms. The van der Waals surface area contributed by atoms with Gasteiger partial charge in [-0.05, 0) is 72.4 Å². The van der Waals surface area contributed by atoms with Crippen LogP contribution < -0.4 is 19.5 Å². The van der Waals surface area contributed by atoms with E-state index >= 15 is 0 Å². The van der Waals surface area contributed by atoms with Gasteiger partial charge in [-0.25, -0.2) is 0 Å². The van der Waals surface area contributed by atoms with E-state index in [0.717, 1.165) is 49.7 Å². The number of hydrogen-bond donors (Lipinski definition) is 2. The van der Waals surface area contributed by atoms with Crippen LogP contribution >= 0.6 is 0 Å². The predicted molar refractivity (Wildman–Crippen MR) is 147 cm³/mol. The zero-order valence-corrected chi connectivity index (χ0v) is 22.1. The molecule has 0 saturated heterocycles. The highest BCUT2D eigenvalue weighted by Gasteiger charge is 2.29. The minimum atomic E-state index is 0.136. The van der Waals surface area contributed by atoms with Crippen molar-refractivity contribution in [3.63, 3.8) is 0 Å². The van der Waals surface area contributed by atoms with E-state index in [1.54, 1.807) is 21.3 Å². The van der Waals surface area contributed by atoms with E-state index < -0.39 is 0 Å². The van der Waals surface area contributed by atoms with Crippen LogP contribution in [0.2, 0.25) is 0 Å². The van der Waals surface area contributed by atoms with Gasteiger partial charge in [-0.1, -0.05) is 24.3 Å². The first-order valence-electron chi connectivity index (χ1n) is 13.1. The molecule has 0 unspecified atom stereocenters. The lowest BCUT2D eigenvalue weighted by Gasteiger charge is -2.36. The molecule has 2 atom stereocenters. The molecule has 0 fully saturated rings. The van der Waals surface area contributed by atoms with E-state index in [0.29, 0.717) is 0 Å². The molecule has 0 aliphatic carbocycles. The van der Waals surface area contributed by atoms with Crippen molar-refractivity contribution < 1.29 is 14.2 Å². The summed E-state index contributed by atoms with van der Waals surface area (Å²) < 4.78 is 17.0. The van der Waals surface area contributed by atoms with Crippen LogP contribution in [-0.2, 0) is 19.4 Å². The summed E-state index contributed by atoms with van der Waals surface area (Å²) in [5.74, 6) is 2.52. The second-order valence-corrected chi connectivity index (χ2v) is 10.1. The number of methoxy groups -OCH3 is 3. The van der Waals surface area contributed by atoms with E-state index in [-0.39, 0.29) is 12.1 Å². The Morgan fingerprint density at radius 1 is 0.892 bits per heavy atom. The molecule has 2 aliphatic heterocycles. The fourth-order valence-electron chi connectivity index (χ4n) is 6.20. The lowest BCUT2D eigenvalue weighted by molar-refractivity contribution is 0.186. The SMILES string of the molecule is COc1ccc([C@H]2NCCc3c2[nH]c2ccccc32)cc1CN1CCc2cc(OC)c(OC)cc2[C@@H]1C. The zero-order chi connectivity index (χ0) is 25.5. The van der Waals surface area contributed by atoms with Gasteiger partial charge in [-0.3, -0.25) is 4.90 Å². The van der Waals surface area contributed by atoms with E-state index in [4.69, 9.17) is 14.2 Å². The van der Waals surface area contributed by atoms with Crippen molar-refractivity contribution in [3.05, 3.63) is 88.1 Å². The van der Waals surface area contributed by atoms with Gasteiger partial charge in [0.2, 0.25) is 0 Å². The number of aromatic nitrogens is 1. The van der Waals surface area contributed by atoms with Gasteiger partial charge >= 0.3 is 0 Å². The Morgan fingerprint density at radius 2 is 1.68 bits per heavy atom. The molecule has 37 heavy (non-hydrogen) atoms. The van der Waals surface area contributed by atoms with Crippen LogP contribution in [-0.4, -0.2) is 44.3 Å². The fourth-order valence-corrected chi connectivity index (χ4v) is 6.20. The molecule has 0 spiro atoms. The first-order valence-corrected chi connectivity index (χ1v) is 13.1. The van der Waals surface area contributed by atoms with Crippen LogP contribution in [0.4, 0.5) is 0 Å². The van der Waals surface area contributed by atoms with Crippen molar-refractivity contribution in [2.75, 3.05) is 34.4 Å². The summed E-state index contributed by atoms with van der Waals surface area (Å²) in [6.45, 7) is 5.04. The van der Waals surface area contributed by atoms with Crippen LogP contribution in [0.1, 0.15) is 52.5 Å². The Morgan fingerprint density at radius 3 is 2.49 bits per heavy atom. The number of ether oxygens (including phenoxy) is 3. The number of fused-ring (bicyclic) bond motifs is 4. The standard InChI is InChI=1S/C31H35N3O3/c1-19-25-17-29(37-4)28(36-3)16-20(25)12-14-34(19)18-22-15-21(9-10-27(22)35-2)30-31-24(11-13-32-30)23-7-5-6-8-26(23)33-31/h5-10,15-17,19,30,32-33H,11-14,18H2,1-4H3/t19-,30+/m0/s1. The molecule has 0 bridgehead atoms. The second kappa shape index (κ2) is 9.77. The summed E-state index contributed by atoms with van der Waals surface area (Å²) in [5, 5.41) is 5.09. The van der Waals surface area contributed by atoms with Gasteiger partial charge in [0.1, 0.15) is 5.75 Å². The lowest BCUT2D eigenvalue weighted by Crippen LogP contribution is -2.34. The number of nitrogens with one attached hydrogen (secondary N) is 2. The molecule has 2 N–H and O–H groups in total. The smallest absolute Gasteiger partial charge is 0.161 e. The molecule has 6 nitrogen and oxygen atoms in total. The molecule has 1 aromatic heterocycles. The maximum Gasteiger partial charge on any atom is 0.161 e. The largest absolute Gasteiger partial charge is 0.496 e. The minimum Gasteiger partial charge on any atom is -0.496 e. The fraction of sp³-hybridized carbons (Fsp3) is 0.355. The molecule has 0 amide bonds. The van der Waals surface area contributed by atoms with Crippen LogP contribution in [0.3, 0.4) is 0 Å². The van der Waals surface area contributed by atoms with Gasteiger partial charge in [0.05, 0.1) is 27.4 Å². The molecule has 0 saturated carbocycles. The van der Waals surface area contributed by atoms with Crippen molar-refractivity contribution in [2.45, 2.75) is 38.4 Å². The zero-order valence-electron chi connectivity index (χ0n) is 22.1. The maximum atomic E-state index is 5.83. The highest BCUT2D eigenvalue weighted by molar-refractivity contribution is 5.85. The lowest BCUT2D eigenvalue weighted by atomic mass is 9.91. The number of aromatic amines is 1. The third-order valence-corrected chi connectivity index (χ3v) is 8.18. The predicted octanol–water partition coefficient (Wildman–Crippen LogP) is 5.55. The summed E-state index contributed by atoms with van der Waals surface area (Å²) in [4.78, 5) is 6.23. The Kier molecular flexibility index (Phi) is 6.31. The molecule has 192 valence electrons. The van der Waals surface area contributed by atoms with Gasteiger partial charge in [-0.15, -0.1) is 0 Å². The van der Waals surface area contributed by atoms with E-state index in [9.17, 15) is 0 Å². The molecule has 3 aromatic carbocycles. The van der Waals surface area contributed by atoms with Crippen LogP contribution in [0, 0.1) is 0 Å². The quantitative estimate of drug-likeness (QED) is 0.366. The van der Waals surface area contributed by atoms with Crippen molar-refractivity contribution >= 4 is 10.9 Å². The summed E-state index contributed by atoms with van der Waals surface area (Å²) in [7, 11) is 5.16. The average Bonchev–Trinajstić information content (AvgIpc) is 3.33. The normalized spacial score (nSPS) is 19.4. The van der Waals surface area contributed by atoms with Crippen LogP contribution in [0.25, 0.3) is 10.9 Å². The van der Waals surface area contributed by atoms with E-state index in [1.165, 1.54) is 44.4 Å². The van der Waals surface area contributed by atoms with Gasteiger partial charge < -0.3 is 24.5 Å². The van der Waals surface area contributed by atoms with Crippen molar-refractivity contribution in [2.24, 2.45) is 0 Å². The van der Waals surface area contributed by atoms with Gasteiger partial charge in [0, 0.05) is 47.8 Å². The monoisotopic (exact) mass is 497 g/mol. The molecule has 2 aliphatic rings. The summed E-state index contributed by atoms with van der Waals surface area (Å²) in [5.41, 5.74) is 9.03. The number of hydrogen-bond acceptors (Lipinski definition) is 5.